The first-order valence-corrected chi connectivity index (χ1v) is 11.4. The van der Waals surface area contributed by atoms with Gasteiger partial charge in [-0.05, 0) is 29.3 Å². The lowest BCUT2D eigenvalue weighted by Gasteiger charge is -2.32. The molecule has 1 aromatic heterocycles. The number of rotatable bonds is 4. The summed E-state index contributed by atoms with van der Waals surface area (Å²) in [7, 11) is 6.16. The Kier molecular flexibility index (Phi) is 4.86. The van der Waals surface area contributed by atoms with Crippen molar-refractivity contribution in [3.8, 4) is 5.69 Å². The molecular weight excluding hydrogens is 413 g/mol. The van der Waals surface area contributed by atoms with Crippen molar-refractivity contribution in [2.75, 3.05) is 0 Å². The molecule has 6 rings (SSSR count). The monoisotopic (exact) mass is 435 g/mol. The minimum absolute atomic E-state index is 0.730. The number of hydrogen-bond acceptors (Lipinski definition) is 1. The molecule has 1 N–H and O–H groups in total. The lowest BCUT2D eigenvalue weighted by molar-refractivity contribution is 0.125. The van der Waals surface area contributed by atoms with Gasteiger partial charge < -0.3 is 9.67 Å². The molecule has 5 aromatic carbocycles. The fraction of sp³-hybridized carbons (Fsp3) is 0.0323. The summed E-state index contributed by atoms with van der Waals surface area (Å²) in [4.78, 5) is 0. The normalized spacial score (nSPS) is 11.8. The minimum atomic E-state index is -1.34. The van der Waals surface area contributed by atoms with Crippen molar-refractivity contribution in [2.45, 2.75) is 5.60 Å². The fourth-order valence-electron chi connectivity index (χ4n) is 5.06. The van der Waals surface area contributed by atoms with Gasteiger partial charge in [-0.25, -0.2) is 0 Å². The molecule has 1 heterocycles. The molecular formula is C31H22BNO. The second kappa shape index (κ2) is 8.05. The molecule has 0 aliphatic rings. The highest BCUT2D eigenvalue weighted by molar-refractivity contribution is 6.33. The highest BCUT2D eigenvalue weighted by Gasteiger charge is 2.36. The van der Waals surface area contributed by atoms with Gasteiger partial charge >= 0.3 is 0 Å². The van der Waals surface area contributed by atoms with Crippen LogP contribution in [0.1, 0.15) is 16.7 Å². The topological polar surface area (TPSA) is 25.2 Å². The van der Waals surface area contributed by atoms with E-state index in [1.165, 1.54) is 0 Å². The molecule has 2 radical (unpaired) electrons. The van der Waals surface area contributed by atoms with Crippen LogP contribution < -0.4 is 5.46 Å². The SMILES string of the molecule is [B]c1ccc2c(c1)c1ccccc1n2-c1ccccc1C(O)(c1ccccc1)c1ccccc1. The molecule has 0 spiro atoms. The highest BCUT2D eigenvalue weighted by Crippen LogP contribution is 2.41. The Balaban J connectivity index is 1.73. The molecule has 0 amide bonds. The highest BCUT2D eigenvalue weighted by atomic mass is 16.3. The average molecular weight is 435 g/mol. The number of aromatic nitrogens is 1. The van der Waals surface area contributed by atoms with Crippen molar-refractivity contribution in [2.24, 2.45) is 0 Å². The second-order valence-electron chi connectivity index (χ2n) is 8.59. The van der Waals surface area contributed by atoms with E-state index in [2.05, 4.69) is 28.8 Å². The summed E-state index contributed by atoms with van der Waals surface area (Å²) in [6.07, 6.45) is 0. The molecule has 0 aliphatic heterocycles. The smallest absolute Gasteiger partial charge is 0.142 e. The molecule has 2 nitrogen and oxygen atoms in total. The molecule has 0 saturated carbocycles. The lowest BCUT2D eigenvalue weighted by Crippen LogP contribution is -2.30. The summed E-state index contributed by atoms with van der Waals surface area (Å²) in [5, 5.41) is 14.8. The van der Waals surface area contributed by atoms with E-state index in [1.807, 2.05) is 103 Å². The third-order valence-electron chi connectivity index (χ3n) is 6.61. The summed E-state index contributed by atoms with van der Waals surface area (Å²) < 4.78 is 2.23. The van der Waals surface area contributed by atoms with Crippen molar-refractivity contribution in [3.63, 3.8) is 0 Å². The van der Waals surface area contributed by atoms with Gasteiger partial charge in [-0.15, -0.1) is 0 Å². The first-order chi connectivity index (χ1) is 16.7. The number of hydrogen-bond donors (Lipinski definition) is 1. The molecule has 0 saturated heterocycles. The van der Waals surface area contributed by atoms with Crippen molar-refractivity contribution in [3.05, 3.63) is 144 Å². The van der Waals surface area contributed by atoms with E-state index < -0.39 is 5.60 Å². The van der Waals surface area contributed by atoms with Gasteiger partial charge in [-0.2, -0.15) is 0 Å². The Morgan fingerprint density at radius 3 is 1.82 bits per heavy atom. The van der Waals surface area contributed by atoms with Crippen LogP contribution in [0.3, 0.4) is 0 Å². The molecule has 160 valence electrons. The maximum absolute atomic E-state index is 12.6. The van der Waals surface area contributed by atoms with Gasteiger partial charge in [-0.3, -0.25) is 0 Å². The van der Waals surface area contributed by atoms with Crippen molar-refractivity contribution < 1.29 is 5.11 Å². The van der Waals surface area contributed by atoms with E-state index >= 15 is 0 Å². The first kappa shape index (κ1) is 20.5. The van der Waals surface area contributed by atoms with Crippen LogP contribution in [-0.4, -0.2) is 17.5 Å². The van der Waals surface area contributed by atoms with E-state index in [4.69, 9.17) is 7.85 Å². The first-order valence-electron chi connectivity index (χ1n) is 11.4. The van der Waals surface area contributed by atoms with E-state index in [-0.39, 0.29) is 0 Å². The van der Waals surface area contributed by atoms with Crippen LogP contribution in [0.25, 0.3) is 27.5 Å². The summed E-state index contributed by atoms with van der Waals surface area (Å²) in [6, 6.07) is 42.2. The number of nitrogens with zero attached hydrogens (tertiary/aromatic N) is 1. The van der Waals surface area contributed by atoms with Gasteiger partial charge in [0.1, 0.15) is 13.4 Å². The van der Waals surface area contributed by atoms with Crippen LogP contribution >= 0.6 is 0 Å². The Bertz CT molecular complexity index is 1580. The third kappa shape index (κ3) is 3.09. The number of fused-ring (bicyclic) bond motifs is 3. The van der Waals surface area contributed by atoms with Gasteiger partial charge in [0, 0.05) is 16.3 Å². The standard InChI is InChI=1S/C31H22BNO/c32-24-19-20-29-26(21-24)25-15-7-9-17-28(25)33(29)30-18-10-8-16-27(30)31(34,22-11-3-1-4-12-22)23-13-5-2-6-14-23/h1-21,34H. The predicted octanol–water partition coefficient (Wildman–Crippen LogP) is 5.86. The number of benzene rings is 5. The molecule has 0 unspecified atom stereocenters. The van der Waals surface area contributed by atoms with Gasteiger partial charge in [0.15, 0.2) is 0 Å². The molecule has 3 heteroatoms. The zero-order chi connectivity index (χ0) is 23.1. The van der Waals surface area contributed by atoms with Gasteiger partial charge in [0.05, 0.1) is 16.7 Å². The molecule has 34 heavy (non-hydrogen) atoms. The summed E-state index contributed by atoms with van der Waals surface area (Å²) >= 11 is 0. The third-order valence-corrected chi connectivity index (χ3v) is 6.61. The minimum Gasteiger partial charge on any atom is -0.376 e. The van der Waals surface area contributed by atoms with Crippen LogP contribution in [0, 0.1) is 0 Å². The lowest BCUT2D eigenvalue weighted by atomic mass is 9.79. The number of para-hydroxylation sites is 2. The number of aliphatic hydroxyl groups is 1. The van der Waals surface area contributed by atoms with Gasteiger partial charge in [-0.1, -0.05) is 115 Å². The largest absolute Gasteiger partial charge is 0.376 e. The molecule has 0 fully saturated rings. The molecule has 6 aromatic rings. The Hall–Kier alpha value is -4.08. The Labute approximate surface area is 200 Å². The fourth-order valence-corrected chi connectivity index (χ4v) is 5.06. The van der Waals surface area contributed by atoms with Crippen molar-refractivity contribution in [1.29, 1.82) is 0 Å². The van der Waals surface area contributed by atoms with Crippen LogP contribution in [0.15, 0.2) is 127 Å². The second-order valence-corrected chi connectivity index (χ2v) is 8.59. The van der Waals surface area contributed by atoms with Crippen LogP contribution in [0.4, 0.5) is 0 Å². The van der Waals surface area contributed by atoms with Gasteiger partial charge in [0.25, 0.3) is 0 Å². The maximum atomic E-state index is 12.6. The van der Waals surface area contributed by atoms with E-state index in [0.717, 1.165) is 49.6 Å². The summed E-state index contributed by atoms with van der Waals surface area (Å²) in [5.74, 6) is 0. The summed E-state index contributed by atoms with van der Waals surface area (Å²) in [6.45, 7) is 0. The van der Waals surface area contributed by atoms with E-state index in [1.54, 1.807) is 0 Å². The van der Waals surface area contributed by atoms with Crippen molar-refractivity contribution in [1.82, 2.24) is 4.57 Å². The average Bonchev–Trinajstić information content (AvgIpc) is 3.23. The predicted molar refractivity (Wildman–Crippen MR) is 141 cm³/mol. The zero-order valence-corrected chi connectivity index (χ0v) is 18.6. The molecule has 0 atom stereocenters. The Morgan fingerprint density at radius 1 is 0.559 bits per heavy atom. The summed E-state index contributed by atoms with van der Waals surface area (Å²) in [5.41, 5.74) is 4.88. The maximum Gasteiger partial charge on any atom is 0.142 e. The van der Waals surface area contributed by atoms with Crippen molar-refractivity contribution >= 4 is 35.1 Å². The van der Waals surface area contributed by atoms with Crippen LogP contribution in [0.2, 0.25) is 0 Å². The Morgan fingerprint density at radius 2 is 1.12 bits per heavy atom. The van der Waals surface area contributed by atoms with E-state index in [0.29, 0.717) is 0 Å². The quantitative estimate of drug-likeness (QED) is 0.272. The zero-order valence-electron chi connectivity index (χ0n) is 18.6. The van der Waals surface area contributed by atoms with Gasteiger partial charge in [0.2, 0.25) is 0 Å². The molecule has 0 aliphatic carbocycles. The van der Waals surface area contributed by atoms with Crippen LogP contribution in [0.5, 0.6) is 0 Å². The van der Waals surface area contributed by atoms with E-state index in [9.17, 15) is 5.11 Å². The van der Waals surface area contributed by atoms with Crippen LogP contribution in [-0.2, 0) is 5.60 Å². The molecule has 0 bridgehead atoms.